The number of benzene rings is 2. The van der Waals surface area contributed by atoms with Crippen molar-refractivity contribution in [2.75, 3.05) is 23.7 Å². The molecule has 1 aliphatic rings. The van der Waals surface area contributed by atoms with Gasteiger partial charge in [0.05, 0.1) is 0 Å². The van der Waals surface area contributed by atoms with Crippen LogP contribution in [0.25, 0.3) is 16.5 Å². The lowest BCUT2D eigenvalue weighted by Gasteiger charge is -2.31. The SMILES string of the molecule is CCCC(C)N1CC=C(c2c[nH]c3ccc(NC(=S)Nc4cc(F)cc(Cl)c4)cc23)CC1. The van der Waals surface area contributed by atoms with E-state index in [0.29, 0.717) is 21.9 Å². The van der Waals surface area contributed by atoms with Gasteiger partial charge in [0, 0.05) is 58.2 Å². The summed E-state index contributed by atoms with van der Waals surface area (Å²) in [5.74, 6) is -0.412. The van der Waals surface area contributed by atoms with Gasteiger partial charge in [0.15, 0.2) is 5.11 Å². The predicted octanol–water partition coefficient (Wildman–Crippen LogP) is 7.05. The third-order valence-corrected chi connectivity index (χ3v) is 6.40. The Bertz CT molecular complexity index is 1140. The quantitative estimate of drug-likeness (QED) is 0.338. The molecule has 1 aromatic heterocycles. The van der Waals surface area contributed by atoms with Crippen molar-refractivity contribution in [3.8, 4) is 0 Å². The fraction of sp³-hybridized carbons (Fsp3) is 0.320. The minimum absolute atomic E-state index is 0.317. The van der Waals surface area contributed by atoms with Crippen molar-refractivity contribution in [3.05, 3.63) is 65.1 Å². The van der Waals surface area contributed by atoms with Crippen LogP contribution in [0.15, 0.2) is 48.7 Å². The number of nitrogens with zero attached hydrogens (tertiary/aromatic N) is 1. The molecule has 32 heavy (non-hydrogen) atoms. The summed E-state index contributed by atoms with van der Waals surface area (Å²) in [5.41, 5.74) is 5.08. The Morgan fingerprint density at radius 3 is 2.75 bits per heavy atom. The van der Waals surface area contributed by atoms with E-state index in [1.165, 1.54) is 36.1 Å². The van der Waals surface area contributed by atoms with Crippen molar-refractivity contribution in [2.45, 2.75) is 39.2 Å². The number of aromatic nitrogens is 1. The summed E-state index contributed by atoms with van der Waals surface area (Å²) in [5, 5.41) is 8.03. The lowest BCUT2D eigenvalue weighted by Crippen LogP contribution is -2.36. The molecule has 7 heteroatoms. The number of fused-ring (bicyclic) bond motifs is 1. The van der Waals surface area contributed by atoms with Crippen LogP contribution in [0.1, 0.15) is 38.7 Å². The van der Waals surface area contributed by atoms with Crippen LogP contribution in [0.4, 0.5) is 15.8 Å². The number of hydrogen-bond acceptors (Lipinski definition) is 2. The van der Waals surface area contributed by atoms with Gasteiger partial charge >= 0.3 is 0 Å². The van der Waals surface area contributed by atoms with Crippen molar-refractivity contribution < 1.29 is 4.39 Å². The van der Waals surface area contributed by atoms with Crippen LogP contribution in [0.3, 0.4) is 0 Å². The summed E-state index contributed by atoms with van der Waals surface area (Å²) in [6.07, 6.45) is 7.95. The fourth-order valence-electron chi connectivity index (χ4n) is 4.31. The number of hydrogen-bond donors (Lipinski definition) is 3. The maximum Gasteiger partial charge on any atom is 0.175 e. The molecule has 0 aliphatic carbocycles. The standard InChI is InChI=1S/C25H28ClFN4S/c1-3-4-16(2)31-9-7-17(8-10-31)23-15-28-24-6-5-20(14-22(23)24)29-25(32)30-21-12-18(26)11-19(27)13-21/h5-7,11-16,28H,3-4,8-10H2,1-2H3,(H2,29,30,32). The van der Waals surface area contributed by atoms with Crippen LogP contribution in [0.5, 0.6) is 0 Å². The molecule has 0 spiro atoms. The molecule has 2 aromatic carbocycles. The first kappa shape index (κ1) is 22.8. The molecule has 4 rings (SSSR count). The number of thiocarbonyl (C=S) groups is 1. The summed E-state index contributed by atoms with van der Waals surface area (Å²) < 4.78 is 13.6. The van der Waals surface area contributed by atoms with Gasteiger partial charge in [0.25, 0.3) is 0 Å². The molecule has 0 saturated carbocycles. The molecule has 1 unspecified atom stereocenters. The molecule has 2 heterocycles. The molecule has 0 saturated heterocycles. The van der Waals surface area contributed by atoms with Crippen LogP contribution in [0.2, 0.25) is 5.02 Å². The fourth-order valence-corrected chi connectivity index (χ4v) is 4.77. The summed E-state index contributed by atoms with van der Waals surface area (Å²) in [4.78, 5) is 5.94. The van der Waals surface area contributed by atoms with Crippen LogP contribution in [-0.4, -0.2) is 34.1 Å². The highest BCUT2D eigenvalue weighted by Crippen LogP contribution is 2.31. The Labute approximate surface area is 198 Å². The smallest absolute Gasteiger partial charge is 0.175 e. The highest BCUT2D eigenvalue weighted by molar-refractivity contribution is 7.80. The molecule has 0 fully saturated rings. The zero-order chi connectivity index (χ0) is 22.7. The third-order valence-electron chi connectivity index (χ3n) is 5.98. The normalized spacial score (nSPS) is 15.4. The van der Waals surface area contributed by atoms with Gasteiger partial charge in [-0.05, 0) is 74.0 Å². The van der Waals surface area contributed by atoms with Crippen LogP contribution < -0.4 is 10.6 Å². The predicted molar refractivity (Wildman–Crippen MR) is 138 cm³/mol. The van der Waals surface area contributed by atoms with Crippen molar-refractivity contribution in [2.24, 2.45) is 0 Å². The first-order valence-corrected chi connectivity index (χ1v) is 11.8. The molecule has 0 bridgehead atoms. The van der Waals surface area contributed by atoms with E-state index in [4.69, 9.17) is 23.8 Å². The second kappa shape index (κ2) is 10.0. The average molecular weight is 471 g/mol. The summed E-state index contributed by atoms with van der Waals surface area (Å²) in [7, 11) is 0. The van der Waals surface area contributed by atoms with Gasteiger partial charge in [0.2, 0.25) is 0 Å². The van der Waals surface area contributed by atoms with Gasteiger partial charge in [-0.15, -0.1) is 0 Å². The summed E-state index contributed by atoms with van der Waals surface area (Å²) in [6.45, 7) is 6.64. The van der Waals surface area contributed by atoms with E-state index in [0.717, 1.165) is 36.1 Å². The lowest BCUT2D eigenvalue weighted by atomic mass is 9.97. The van der Waals surface area contributed by atoms with Gasteiger partial charge in [-0.3, -0.25) is 4.90 Å². The number of anilines is 2. The Kier molecular flexibility index (Phi) is 7.13. The number of rotatable bonds is 6. The second-order valence-electron chi connectivity index (χ2n) is 8.31. The zero-order valence-corrected chi connectivity index (χ0v) is 19.9. The summed E-state index contributed by atoms with van der Waals surface area (Å²) in [6, 6.07) is 11.0. The first-order valence-electron chi connectivity index (χ1n) is 11.0. The molecule has 168 valence electrons. The minimum atomic E-state index is -0.412. The van der Waals surface area contributed by atoms with E-state index in [1.807, 2.05) is 12.1 Å². The highest BCUT2D eigenvalue weighted by Gasteiger charge is 2.19. The van der Waals surface area contributed by atoms with E-state index < -0.39 is 5.82 Å². The van der Waals surface area contributed by atoms with Gasteiger partial charge in [0.1, 0.15) is 5.82 Å². The molecule has 0 radical (unpaired) electrons. The van der Waals surface area contributed by atoms with Crippen molar-refractivity contribution in [3.63, 3.8) is 0 Å². The van der Waals surface area contributed by atoms with Crippen LogP contribution in [0, 0.1) is 5.82 Å². The largest absolute Gasteiger partial charge is 0.361 e. The summed E-state index contributed by atoms with van der Waals surface area (Å²) >= 11 is 11.3. The topological polar surface area (TPSA) is 43.1 Å². The molecular weight excluding hydrogens is 443 g/mol. The number of aromatic amines is 1. The molecule has 1 aliphatic heterocycles. The maximum absolute atomic E-state index is 13.6. The maximum atomic E-state index is 13.6. The highest BCUT2D eigenvalue weighted by atomic mass is 35.5. The molecule has 4 nitrogen and oxygen atoms in total. The third kappa shape index (κ3) is 5.31. The lowest BCUT2D eigenvalue weighted by molar-refractivity contribution is 0.219. The second-order valence-corrected chi connectivity index (χ2v) is 9.16. The van der Waals surface area contributed by atoms with Crippen molar-refractivity contribution >= 4 is 56.8 Å². The average Bonchev–Trinajstić information content (AvgIpc) is 3.16. The molecular formula is C25H28ClFN4S. The van der Waals surface area contributed by atoms with E-state index in [-0.39, 0.29) is 0 Å². The van der Waals surface area contributed by atoms with Gasteiger partial charge < -0.3 is 15.6 Å². The van der Waals surface area contributed by atoms with Crippen LogP contribution in [-0.2, 0) is 0 Å². The Hall–Kier alpha value is -2.41. The Balaban J connectivity index is 1.49. The van der Waals surface area contributed by atoms with Crippen molar-refractivity contribution in [1.82, 2.24) is 9.88 Å². The van der Waals surface area contributed by atoms with E-state index in [9.17, 15) is 4.39 Å². The van der Waals surface area contributed by atoms with E-state index in [2.05, 4.69) is 52.7 Å². The van der Waals surface area contributed by atoms with E-state index in [1.54, 1.807) is 6.07 Å². The van der Waals surface area contributed by atoms with Gasteiger partial charge in [-0.2, -0.15) is 0 Å². The van der Waals surface area contributed by atoms with Crippen LogP contribution >= 0.6 is 23.8 Å². The monoisotopic (exact) mass is 470 g/mol. The first-order chi connectivity index (χ1) is 15.4. The minimum Gasteiger partial charge on any atom is -0.361 e. The van der Waals surface area contributed by atoms with Gasteiger partial charge in [-0.25, -0.2) is 4.39 Å². The van der Waals surface area contributed by atoms with Crippen molar-refractivity contribution in [1.29, 1.82) is 0 Å². The molecule has 3 N–H and O–H groups in total. The Morgan fingerprint density at radius 2 is 2.03 bits per heavy atom. The molecule has 3 aromatic rings. The number of nitrogens with one attached hydrogen (secondary N) is 3. The van der Waals surface area contributed by atoms with E-state index >= 15 is 0 Å². The van der Waals surface area contributed by atoms with Gasteiger partial charge in [-0.1, -0.05) is 31.0 Å². The Morgan fingerprint density at radius 1 is 1.22 bits per heavy atom. The molecule has 0 amide bonds. The number of halogens is 2. The molecule has 1 atom stereocenters. The number of H-pyrrole nitrogens is 1. The zero-order valence-electron chi connectivity index (χ0n) is 18.3.